The fourth-order valence-electron chi connectivity index (χ4n) is 4.72. The molecule has 1 aliphatic rings. The van der Waals surface area contributed by atoms with Gasteiger partial charge in [-0.05, 0) is 34.1 Å². The highest BCUT2D eigenvalue weighted by molar-refractivity contribution is 6.02. The first kappa shape index (κ1) is 26.2. The molecule has 0 fully saturated rings. The van der Waals surface area contributed by atoms with Crippen LogP contribution in [0.1, 0.15) is 62.3 Å². The van der Waals surface area contributed by atoms with Crippen LogP contribution < -0.4 is 5.32 Å². The van der Waals surface area contributed by atoms with Gasteiger partial charge in [0.05, 0.1) is 5.57 Å². The number of rotatable bonds is 8. The highest BCUT2D eigenvalue weighted by Gasteiger charge is 2.54. The Balaban J connectivity index is 1.62. The Kier molecular flexibility index (Phi) is 7.53. The van der Waals surface area contributed by atoms with Crippen molar-refractivity contribution in [2.75, 3.05) is 0 Å². The summed E-state index contributed by atoms with van der Waals surface area (Å²) in [6.07, 6.45) is 0.591. The fraction of sp³-hybridized carbons (Fsp3) is 0.312. The molecule has 2 atom stereocenters. The van der Waals surface area contributed by atoms with Gasteiger partial charge in [-0.1, -0.05) is 113 Å². The van der Waals surface area contributed by atoms with E-state index in [4.69, 9.17) is 4.74 Å². The van der Waals surface area contributed by atoms with Gasteiger partial charge in [0.15, 0.2) is 5.76 Å². The lowest BCUT2D eigenvalue weighted by Crippen LogP contribution is -2.49. The Hall–Kier alpha value is -3.86. The van der Waals surface area contributed by atoms with Crippen LogP contribution in [0.15, 0.2) is 96.3 Å². The number of ether oxygens (including phenoxy) is 1. The third-order valence-corrected chi connectivity index (χ3v) is 7.11. The number of aryl methyl sites for hydroxylation is 1. The Morgan fingerprint density at radius 3 is 2.11 bits per heavy atom. The van der Waals surface area contributed by atoms with E-state index in [9.17, 15) is 14.7 Å². The maximum atomic E-state index is 13.7. The van der Waals surface area contributed by atoms with Gasteiger partial charge < -0.3 is 15.2 Å². The smallest absolute Gasteiger partial charge is 0.339 e. The van der Waals surface area contributed by atoms with Crippen LogP contribution in [0.2, 0.25) is 0 Å². The van der Waals surface area contributed by atoms with Gasteiger partial charge in [0, 0.05) is 18.9 Å². The van der Waals surface area contributed by atoms with Gasteiger partial charge in [0.1, 0.15) is 0 Å². The maximum Gasteiger partial charge on any atom is 0.339 e. The van der Waals surface area contributed by atoms with E-state index in [0.29, 0.717) is 6.42 Å². The van der Waals surface area contributed by atoms with E-state index in [1.54, 1.807) is 0 Å². The molecule has 0 bridgehead atoms. The van der Waals surface area contributed by atoms with Gasteiger partial charge in [-0.15, -0.1) is 0 Å². The molecule has 5 nitrogen and oxygen atoms in total. The van der Waals surface area contributed by atoms with Crippen molar-refractivity contribution in [3.63, 3.8) is 0 Å². The van der Waals surface area contributed by atoms with E-state index >= 15 is 0 Å². The van der Waals surface area contributed by atoms with Crippen LogP contribution in [0.4, 0.5) is 0 Å². The molecule has 0 aliphatic carbocycles. The van der Waals surface area contributed by atoms with Gasteiger partial charge in [-0.25, -0.2) is 4.79 Å². The molecular weight excluding hydrogens is 462 g/mol. The average Bonchev–Trinajstić information content (AvgIpc) is 3.16. The molecule has 37 heavy (non-hydrogen) atoms. The number of cyclic esters (lactones) is 1. The molecule has 5 heteroatoms. The topological polar surface area (TPSA) is 75.6 Å². The zero-order valence-electron chi connectivity index (χ0n) is 22.0. The van der Waals surface area contributed by atoms with Gasteiger partial charge in [0.25, 0.3) is 5.91 Å². The van der Waals surface area contributed by atoms with Crippen LogP contribution in [0.25, 0.3) is 0 Å². The summed E-state index contributed by atoms with van der Waals surface area (Å²) in [6, 6.07) is 27.2. The minimum Gasteiger partial charge on any atom is -0.507 e. The number of aliphatic hydroxyl groups is 1. The zero-order chi connectivity index (χ0) is 26.6. The van der Waals surface area contributed by atoms with E-state index in [0.717, 1.165) is 16.7 Å². The number of nitrogens with one attached hydrogen (secondary N) is 1. The Morgan fingerprint density at radius 2 is 1.51 bits per heavy atom. The van der Waals surface area contributed by atoms with Crippen LogP contribution in [-0.2, 0) is 32.7 Å². The first-order chi connectivity index (χ1) is 17.6. The molecule has 1 aliphatic heterocycles. The van der Waals surface area contributed by atoms with Crippen molar-refractivity contribution in [3.8, 4) is 0 Å². The Bertz CT molecular complexity index is 1270. The van der Waals surface area contributed by atoms with Crippen molar-refractivity contribution in [1.82, 2.24) is 5.32 Å². The summed E-state index contributed by atoms with van der Waals surface area (Å²) in [5, 5.41) is 14.4. The minimum atomic E-state index is -1.78. The second-order valence-electron chi connectivity index (χ2n) is 10.7. The van der Waals surface area contributed by atoms with Crippen molar-refractivity contribution in [1.29, 1.82) is 0 Å². The summed E-state index contributed by atoms with van der Waals surface area (Å²) in [7, 11) is 0. The molecule has 0 saturated heterocycles. The second kappa shape index (κ2) is 10.6. The lowest BCUT2D eigenvalue weighted by molar-refractivity contribution is -0.160. The number of carbonyl (C=O) groups excluding carboxylic acids is 2. The molecule has 1 unspecified atom stereocenters. The van der Waals surface area contributed by atoms with Crippen molar-refractivity contribution in [3.05, 3.63) is 119 Å². The number of aliphatic hydroxyl groups excluding tert-OH is 1. The van der Waals surface area contributed by atoms with Crippen LogP contribution >= 0.6 is 0 Å². The van der Waals surface area contributed by atoms with Gasteiger partial charge in [0.2, 0.25) is 5.60 Å². The molecule has 0 aromatic heterocycles. The SMILES string of the molecule is C[C@@H](C1=C(O)C(CCc2ccccc2)(C(=O)NCc2ccc(C(C)(C)C)cc2)OC1=O)c1ccccc1. The van der Waals surface area contributed by atoms with Crippen molar-refractivity contribution < 1.29 is 19.4 Å². The van der Waals surface area contributed by atoms with E-state index in [2.05, 4.69) is 38.2 Å². The molecule has 3 aromatic carbocycles. The van der Waals surface area contributed by atoms with E-state index in [-0.39, 0.29) is 29.7 Å². The number of hydrogen-bond donors (Lipinski definition) is 2. The average molecular weight is 498 g/mol. The molecule has 3 aromatic rings. The fourth-order valence-corrected chi connectivity index (χ4v) is 4.72. The summed E-state index contributed by atoms with van der Waals surface area (Å²) >= 11 is 0. The largest absolute Gasteiger partial charge is 0.507 e. The third-order valence-electron chi connectivity index (χ3n) is 7.11. The summed E-state index contributed by atoms with van der Waals surface area (Å²) in [4.78, 5) is 26.8. The molecule has 2 N–H and O–H groups in total. The van der Waals surface area contributed by atoms with Crippen LogP contribution in [0.5, 0.6) is 0 Å². The van der Waals surface area contributed by atoms with Crippen LogP contribution in [0, 0.1) is 0 Å². The first-order valence-corrected chi connectivity index (χ1v) is 12.8. The Morgan fingerprint density at radius 1 is 0.919 bits per heavy atom. The predicted octanol–water partition coefficient (Wildman–Crippen LogP) is 6.14. The maximum absolute atomic E-state index is 13.7. The molecule has 4 rings (SSSR count). The molecule has 192 valence electrons. The normalized spacial score (nSPS) is 18.4. The Labute approximate surface area is 219 Å². The monoisotopic (exact) mass is 497 g/mol. The van der Waals surface area contributed by atoms with Crippen LogP contribution in [-0.4, -0.2) is 22.6 Å². The van der Waals surface area contributed by atoms with Crippen molar-refractivity contribution in [2.45, 2.75) is 64.0 Å². The van der Waals surface area contributed by atoms with Crippen molar-refractivity contribution >= 4 is 11.9 Å². The van der Waals surface area contributed by atoms with E-state index < -0.39 is 23.4 Å². The minimum absolute atomic E-state index is 0.0315. The summed E-state index contributed by atoms with van der Waals surface area (Å²) in [5.74, 6) is -1.91. The molecule has 0 radical (unpaired) electrons. The van der Waals surface area contributed by atoms with Gasteiger partial charge in [-0.3, -0.25) is 4.79 Å². The number of carbonyl (C=O) groups is 2. The standard InChI is InChI=1S/C32H35NO4/c1-22(25-13-9-6-10-14-25)27-28(34)32(37-29(27)35,20-19-23-11-7-5-8-12-23)30(36)33-21-24-15-17-26(18-16-24)31(2,3)4/h5-18,22,34H,19-21H2,1-4H3,(H,33,36)/t22-,32?/m1/s1. The number of benzene rings is 3. The lowest BCUT2D eigenvalue weighted by atomic mass is 9.86. The highest BCUT2D eigenvalue weighted by Crippen LogP contribution is 2.41. The first-order valence-electron chi connectivity index (χ1n) is 12.8. The molecule has 0 spiro atoms. The lowest BCUT2D eigenvalue weighted by Gasteiger charge is -2.27. The quantitative estimate of drug-likeness (QED) is 0.366. The van der Waals surface area contributed by atoms with Gasteiger partial charge >= 0.3 is 5.97 Å². The number of esters is 1. The number of amides is 1. The van der Waals surface area contributed by atoms with Crippen molar-refractivity contribution in [2.24, 2.45) is 0 Å². The summed E-state index contributed by atoms with van der Waals surface area (Å²) in [5.41, 5.74) is 2.35. The molecule has 1 heterocycles. The van der Waals surface area contributed by atoms with Gasteiger partial charge in [-0.2, -0.15) is 0 Å². The second-order valence-corrected chi connectivity index (χ2v) is 10.7. The summed E-state index contributed by atoms with van der Waals surface area (Å²) in [6.45, 7) is 8.54. The summed E-state index contributed by atoms with van der Waals surface area (Å²) < 4.78 is 5.78. The van der Waals surface area contributed by atoms with E-state index in [1.165, 1.54) is 5.56 Å². The predicted molar refractivity (Wildman–Crippen MR) is 145 cm³/mol. The molecule has 0 saturated carbocycles. The number of hydrogen-bond acceptors (Lipinski definition) is 4. The van der Waals surface area contributed by atoms with E-state index in [1.807, 2.05) is 79.7 Å². The molecular formula is C32H35NO4. The molecule has 1 amide bonds. The third kappa shape index (κ3) is 5.61. The highest BCUT2D eigenvalue weighted by atomic mass is 16.6. The van der Waals surface area contributed by atoms with Crippen LogP contribution in [0.3, 0.4) is 0 Å². The zero-order valence-corrected chi connectivity index (χ0v) is 22.0.